The van der Waals surface area contributed by atoms with Gasteiger partial charge in [-0.15, -0.1) is 0 Å². The van der Waals surface area contributed by atoms with Crippen molar-refractivity contribution in [2.75, 3.05) is 26.2 Å². The molecule has 1 aliphatic rings. The first-order chi connectivity index (χ1) is 14.0. The molecule has 0 aromatic heterocycles. The molecule has 6 heteroatoms. The fourth-order valence-corrected chi connectivity index (χ4v) is 3.24. The van der Waals surface area contributed by atoms with Crippen molar-refractivity contribution in [2.45, 2.75) is 26.5 Å². The fraction of sp³-hybridized carbons (Fsp3) is 0.391. The van der Waals surface area contributed by atoms with Crippen molar-refractivity contribution in [3.63, 3.8) is 0 Å². The molecule has 1 atom stereocenters. The van der Waals surface area contributed by atoms with Gasteiger partial charge in [0.1, 0.15) is 12.4 Å². The molecular weight excluding hydrogens is 366 g/mol. The molecule has 1 saturated heterocycles. The summed E-state index contributed by atoms with van der Waals surface area (Å²) in [4.78, 5) is 28.7. The van der Waals surface area contributed by atoms with Crippen LogP contribution in [-0.4, -0.2) is 53.8 Å². The van der Waals surface area contributed by atoms with Crippen LogP contribution in [0.2, 0.25) is 0 Å². The number of benzene rings is 2. The van der Waals surface area contributed by atoms with Crippen molar-refractivity contribution in [3.8, 4) is 5.75 Å². The number of rotatable bonds is 6. The van der Waals surface area contributed by atoms with E-state index < -0.39 is 6.04 Å². The molecule has 0 radical (unpaired) electrons. The van der Waals surface area contributed by atoms with Gasteiger partial charge in [0.15, 0.2) is 0 Å². The van der Waals surface area contributed by atoms with Crippen molar-refractivity contribution < 1.29 is 14.3 Å². The Labute approximate surface area is 172 Å². The summed E-state index contributed by atoms with van der Waals surface area (Å²) < 4.78 is 5.77. The molecule has 0 spiro atoms. The number of amides is 2. The van der Waals surface area contributed by atoms with E-state index in [0.717, 1.165) is 11.3 Å². The zero-order chi connectivity index (χ0) is 20.8. The molecule has 2 aromatic carbocycles. The zero-order valence-electron chi connectivity index (χ0n) is 17.1. The van der Waals surface area contributed by atoms with Crippen LogP contribution in [0.5, 0.6) is 5.75 Å². The SMILES string of the molecule is CC(C)[C@H](N)C(=O)N1CCN(C(=O)c2ccc(OCc3ccccc3)cc2)CC1. The molecule has 0 unspecified atom stereocenters. The summed E-state index contributed by atoms with van der Waals surface area (Å²) in [5.41, 5.74) is 7.68. The first kappa shape index (κ1) is 20.9. The maximum Gasteiger partial charge on any atom is 0.253 e. The zero-order valence-corrected chi connectivity index (χ0v) is 17.1. The van der Waals surface area contributed by atoms with Crippen LogP contribution in [-0.2, 0) is 11.4 Å². The van der Waals surface area contributed by atoms with E-state index in [-0.39, 0.29) is 17.7 Å². The highest BCUT2D eigenvalue weighted by atomic mass is 16.5. The van der Waals surface area contributed by atoms with Gasteiger partial charge in [0, 0.05) is 31.7 Å². The minimum absolute atomic E-state index is 0.0279. The lowest BCUT2D eigenvalue weighted by Crippen LogP contribution is -2.55. The van der Waals surface area contributed by atoms with Gasteiger partial charge in [-0.05, 0) is 35.7 Å². The van der Waals surface area contributed by atoms with E-state index in [2.05, 4.69) is 0 Å². The normalized spacial score (nSPS) is 15.3. The predicted molar refractivity (Wildman–Crippen MR) is 113 cm³/mol. The minimum atomic E-state index is -0.485. The van der Waals surface area contributed by atoms with Gasteiger partial charge in [0.2, 0.25) is 5.91 Å². The molecule has 2 N–H and O–H groups in total. The van der Waals surface area contributed by atoms with E-state index in [1.165, 1.54) is 0 Å². The van der Waals surface area contributed by atoms with Gasteiger partial charge in [0.25, 0.3) is 5.91 Å². The average molecular weight is 396 g/mol. The summed E-state index contributed by atoms with van der Waals surface area (Å²) >= 11 is 0. The summed E-state index contributed by atoms with van der Waals surface area (Å²) in [6.45, 7) is 6.43. The highest BCUT2D eigenvalue weighted by Gasteiger charge is 2.28. The summed E-state index contributed by atoms with van der Waals surface area (Å²) in [7, 11) is 0. The second-order valence-corrected chi connectivity index (χ2v) is 7.69. The molecule has 154 valence electrons. The smallest absolute Gasteiger partial charge is 0.253 e. The monoisotopic (exact) mass is 395 g/mol. The van der Waals surface area contributed by atoms with Crippen LogP contribution in [0.1, 0.15) is 29.8 Å². The first-order valence-electron chi connectivity index (χ1n) is 10.1. The van der Waals surface area contributed by atoms with Gasteiger partial charge in [0.05, 0.1) is 6.04 Å². The highest BCUT2D eigenvalue weighted by molar-refractivity contribution is 5.94. The second-order valence-electron chi connectivity index (χ2n) is 7.69. The van der Waals surface area contributed by atoms with Gasteiger partial charge in [-0.2, -0.15) is 0 Å². The Morgan fingerprint density at radius 2 is 1.52 bits per heavy atom. The van der Waals surface area contributed by atoms with Gasteiger partial charge < -0.3 is 20.3 Å². The van der Waals surface area contributed by atoms with Crippen LogP contribution in [0.25, 0.3) is 0 Å². The van der Waals surface area contributed by atoms with Crippen molar-refractivity contribution in [1.82, 2.24) is 9.80 Å². The van der Waals surface area contributed by atoms with Crippen molar-refractivity contribution in [3.05, 3.63) is 65.7 Å². The lowest BCUT2D eigenvalue weighted by Gasteiger charge is -2.36. The molecule has 0 aliphatic carbocycles. The fourth-order valence-electron chi connectivity index (χ4n) is 3.24. The molecule has 29 heavy (non-hydrogen) atoms. The average Bonchev–Trinajstić information content (AvgIpc) is 2.77. The maximum atomic E-state index is 12.8. The molecule has 1 heterocycles. The number of hydrogen-bond donors (Lipinski definition) is 1. The van der Waals surface area contributed by atoms with E-state index >= 15 is 0 Å². The molecule has 2 amide bonds. The number of ether oxygens (including phenoxy) is 1. The lowest BCUT2D eigenvalue weighted by atomic mass is 10.0. The van der Waals surface area contributed by atoms with Crippen LogP contribution in [0.3, 0.4) is 0 Å². The van der Waals surface area contributed by atoms with E-state index in [0.29, 0.717) is 38.3 Å². The molecule has 6 nitrogen and oxygen atoms in total. The Morgan fingerprint density at radius 3 is 2.10 bits per heavy atom. The van der Waals surface area contributed by atoms with E-state index in [4.69, 9.17) is 10.5 Å². The molecule has 0 bridgehead atoms. The van der Waals surface area contributed by atoms with E-state index in [1.54, 1.807) is 21.9 Å². The molecule has 3 rings (SSSR count). The number of carbonyl (C=O) groups is 2. The number of nitrogens with two attached hydrogens (primary N) is 1. The molecule has 2 aromatic rings. The third kappa shape index (κ3) is 5.35. The Balaban J connectivity index is 1.51. The van der Waals surface area contributed by atoms with E-state index in [1.807, 2.05) is 56.3 Å². The van der Waals surface area contributed by atoms with Gasteiger partial charge in [-0.3, -0.25) is 9.59 Å². The minimum Gasteiger partial charge on any atom is -0.489 e. The highest BCUT2D eigenvalue weighted by Crippen LogP contribution is 2.17. The summed E-state index contributed by atoms with van der Waals surface area (Å²) in [6, 6.07) is 16.7. The Hall–Kier alpha value is -2.86. The summed E-state index contributed by atoms with van der Waals surface area (Å²) in [5, 5.41) is 0. The summed E-state index contributed by atoms with van der Waals surface area (Å²) in [6.07, 6.45) is 0. The third-order valence-electron chi connectivity index (χ3n) is 5.23. The number of hydrogen-bond acceptors (Lipinski definition) is 4. The van der Waals surface area contributed by atoms with Gasteiger partial charge >= 0.3 is 0 Å². The van der Waals surface area contributed by atoms with Gasteiger partial charge in [-0.1, -0.05) is 44.2 Å². The topological polar surface area (TPSA) is 75.9 Å². The van der Waals surface area contributed by atoms with Crippen LogP contribution >= 0.6 is 0 Å². The number of carbonyl (C=O) groups excluding carboxylic acids is 2. The largest absolute Gasteiger partial charge is 0.489 e. The Bertz CT molecular complexity index is 813. The van der Waals surface area contributed by atoms with Crippen LogP contribution in [0.15, 0.2) is 54.6 Å². The number of piperazine rings is 1. The van der Waals surface area contributed by atoms with Crippen LogP contribution in [0.4, 0.5) is 0 Å². The lowest BCUT2D eigenvalue weighted by molar-refractivity contribution is -0.135. The predicted octanol–water partition coefficient (Wildman–Crippen LogP) is 2.53. The number of nitrogens with zero attached hydrogens (tertiary/aromatic N) is 2. The molecule has 1 fully saturated rings. The molecule has 1 aliphatic heterocycles. The molecular formula is C23H29N3O3. The summed E-state index contributed by atoms with van der Waals surface area (Å²) in [5.74, 6) is 0.764. The Morgan fingerprint density at radius 1 is 0.931 bits per heavy atom. The van der Waals surface area contributed by atoms with E-state index in [9.17, 15) is 9.59 Å². The van der Waals surface area contributed by atoms with Crippen LogP contribution < -0.4 is 10.5 Å². The third-order valence-corrected chi connectivity index (χ3v) is 5.23. The van der Waals surface area contributed by atoms with Crippen molar-refractivity contribution >= 4 is 11.8 Å². The maximum absolute atomic E-state index is 12.8. The van der Waals surface area contributed by atoms with Crippen molar-refractivity contribution in [1.29, 1.82) is 0 Å². The van der Waals surface area contributed by atoms with Crippen molar-refractivity contribution in [2.24, 2.45) is 11.7 Å². The van der Waals surface area contributed by atoms with Crippen LogP contribution in [0, 0.1) is 5.92 Å². The first-order valence-corrected chi connectivity index (χ1v) is 10.1. The van der Waals surface area contributed by atoms with Gasteiger partial charge in [-0.25, -0.2) is 0 Å². The second kappa shape index (κ2) is 9.56. The standard InChI is InChI=1S/C23H29N3O3/c1-17(2)21(24)23(28)26-14-12-25(13-15-26)22(27)19-8-10-20(11-9-19)29-16-18-6-4-3-5-7-18/h3-11,17,21H,12-16,24H2,1-2H3/t21-/m0/s1. The molecule has 0 saturated carbocycles. The Kier molecular flexibility index (Phi) is 6.88. The quantitative estimate of drug-likeness (QED) is 0.816.